The number of likely N-dealkylation sites (tertiary alicyclic amines) is 1. The molecule has 4 heteroatoms. The van der Waals surface area contributed by atoms with Gasteiger partial charge in [0.15, 0.2) is 0 Å². The molecule has 1 fully saturated rings. The molecule has 0 radical (unpaired) electrons. The topological polar surface area (TPSA) is 46.3 Å². The van der Waals surface area contributed by atoms with E-state index in [9.17, 15) is 4.79 Å². The Labute approximate surface area is 116 Å². The molecular weight excluding hydrogens is 292 g/mol. The molecule has 0 saturated carbocycles. The van der Waals surface area contributed by atoms with Gasteiger partial charge in [-0.1, -0.05) is 29.3 Å². The van der Waals surface area contributed by atoms with Crippen molar-refractivity contribution in [1.29, 1.82) is 0 Å². The van der Waals surface area contributed by atoms with Crippen molar-refractivity contribution in [1.82, 2.24) is 4.90 Å². The first-order valence-corrected chi connectivity index (χ1v) is 7.25. The highest BCUT2D eigenvalue weighted by Gasteiger charge is 2.23. The van der Waals surface area contributed by atoms with Gasteiger partial charge in [0, 0.05) is 23.2 Å². The Morgan fingerprint density at radius 1 is 1.44 bits per heavy atom. The molecule has 18 heavy (non-hydrogen) atoms. The second-order valence-corrected chi connectivity index (χ2v) is 5.79. The van der Waals surface area contributed by atoms with Crippen LogP contribution >= 0.6 is 15.9 Å². The zero-order valence-electron chi connectivity index (χ0n) is 10.7. The molecule has 0 unspecified atom stereocenters. The molecule has 1 saturated heterocycles. The average molecular weight is 311 g/mol. The second-order valence-electron chi connectivity index (χ2n) is 4.88. The van der Waals surface area contributed by atoms with E-state index in [2.05, 4.69) is 22.9 Å². The smallest absolute Gasteiger partial charge is 0.255 e. The number of amides is 1. The quantitative estimate of drug-likeness (QED) is 0.852. The first-order valence-electron chi connectivity index (χ1n) is 6.46. The van der Waals surface area contributed by atoms with Gasteiger partial charge in [0.1, 0.15) is 0 Å². The third-order valence-corrected chi connectivity index (χ3v) is 4.22. The fourth-order valence-electron chi connectivity index (χ4n) is 2.44. The number of benzene rings is 1. The zero-order valence-corrected chi connectivity index (χ0v) is 12.2. The molecule has 3 nitrogen and oxygen atoms in total. The van der Waals surface area contributed by atoms with Crippen molar-refractivity contribution in [2.75, 3.05) is 18.8 Å². The Morgan fingerprint density at radius 2 is 2.11 bits per heavy atom. The minimum absolute atomic E-state index is 0.0644. The van der Waals surface area contributed by atoms with Crippen molar-refractivity contribution < 1.29 is 4.79 Å². The standard InChI is InChI=1S/C14H19BrN2O/c1-2-10-5-7-17(8-6-10)14(18)12-4-3-11(15)9-13(12)16/h3-4,9-10H,2,5-8,16H2,1H3. The molecule has 1 aromatic rings. The van der Waals surface area contributed by atoms with Gasteiger partial charge in [-0.3, -0.25) is 4.79 Å². The maximum atomic E-state index is 12.4. The monoisotopic (exact) mass is 310 g/mol. The summed E-state index contributed by atoms with van der Waals surface area (Å²) < 4.78 is 0.904. The highest BCUT2D eigenvalue weighted by Crippen LogP contribution is 2.24. The predicted molar refractivity (Wildman–Crippen MR) is 77.5 cm³/mol. The molecule has 0 aliphatic carbocycles. The Morgan fingerprint density at radius 3 is 2.67 bits per heavy atom. The van der Waals surface area contributed by atoms with Gasteiger partial charge in [0.25, 0.3) is 5.91 Å². The lowest BCUT2D eigenvalue weighted by Gasteiger charge is -2.31. The lowest BCUT2D eigenvalue weighted by molar-refractivity contribution is 0.0690. The third-order valence-electron chi connectivity index (χ3n) is 3.72. The van der Waals surface area contributed by atoms with Crippen LogP contribution in [0.5, 0.6) is 0 Å². The van der Waals surface area contributed by atoms with Gasteiger partial charge < -0.3 is 10.6 Å². The van der Waals surface area contributed by atoms with Crippen molar-refractivity contribution in [3.63, 3.8) is 0 Å². The third kappa shape index (κ3) is 2.86. The summed E-state index contributed by atoms with van der Waals surface area (Å²) in [5.41, 5.74) is 7.07. The van der Waals surface area contributed by atoms with Crippen LogP contribution < -0.4 is 5.73 Å². The number of hydrogen-bond donors (Lipinski definition) is 1. The number of carbonyl (C=O) groups is 1. The van der Waals surface area contributed by atoms with Gasteiger partial charge in [-0.15, -0.1) is 0 Å². The Kier molecular flexibility index (Phi) is 4.27. The molecule has 1 aromatic carbocycles. The molecule has 2 N–H and O–H groups in total. The van der Waals surface area contributed by atoms with Crippen LogP contribution in [-0.2, 0) is 0 Å². The van der Waals surface area contributed by atoms with E-state index in [0.717, 1.165) is 36.3 Å². The van der Waals surface area contributed by atoms with Gasteiger partial charge in [-0.25, -0.2) is 0 Å². The van der Waals surface area contributed by atoms with E-state index in [1.54, 1.807) is 12.1 Å². The molecule has 1 aliphatic heterocycles. The summed E-state index contributed by atoms with van der Waals surface area (Å²) in [5.74, 6) is 0.839. The van der Waals surface area contributed by atoms with Crippen LogP contribution in [-0.4, -0.2) is 23.9 Å². The normalized spacial score (nSPS) is 16.9. The van der Waals surface area contributed by atoms with Crippen LogP contribution in [0.3, 0.4) is 0 Å². The van der Waals surface area contributed by atoms with Gasteiger partial charge in [-0.2, -0.15) is 0 Å². The fraction of sp³-hybridized carbons (Fsp3) is 0.500. The molecule has 0 spiro atoms. The van der Waals surface area contributed by atoms with Crippen molar-refractivity contribution in [2.45, 2.75) is 26.2 Å². The Balaban J connectivity index is 2.08. The van der Waals surface area contributed by atoms with Crippen LogP contribution in [0.1, 0.15) is 36.5 Å². The molecule has 0 bridgehead atoms. The number of nitrogen functional groups attached to an aromatic ring is 1. The summed E-state index contributed by atoms with van der Waals surface area (Å²) in [6, 6.07) is 5.45. The number of piperidine rings is 1. The molecule has 1 heterocycles. The van der Waals surface area contributed by atoms with Gasteiger partial charge in [0.05, 0.1) is 5.56 Å². The lowest BCUT2D eigenvalue weighted by Crippen LogP contribution is -2.38. The number of nitrogens with two attached hydrogens (primary N) is 1. The van der Waals surface area contributed by atoms with Crippen LogP contribution in [0, 0.1) is 5.92 Å². The molecular formula is C14H19BrN2O. The average Bonchev–Trinajstić information content (AvgIpc) is 2.38. The van der Waals surface area contributed by atoms with Crippen molar-refractivity contribution in [3.8, 4) is 0 Å². The largest absolute Gasteiger partial charge is 0.398 e. The Bertz CT molecular complexity index is 439. The second kappa shape index (κ2) is 5.74. The minimum Gasteiger partial charge on any atom is -0.398 e. The summed E-state index contributed by atoms with van der Waals surface area (Å²) in [6.07, 6.45) is 3.43. The number of nitrogens with zero attached hydrogens (tertiary/aromatic N) is 1. The van der Waals surface area contributed by atoms with Crippen LogP contribution in [0.4, 0.5) is 5.69 Å². The highest BCUT2D eigenvalue weighted by atomic mass is 79.9. The van der Waals surface area contributed by atoms with Crippen LogP contribution in [0.15, 0.2) is 22.7 Å². The highest BCUT2D eigenvalue weighted by molar-refractivity contribution is 9.10. The van der Waals surface area contributed by atoms with E-state index in [4.69, 9.17) is 5.73 Å². The molecule has 0 aromatic heterocycles. The SMILES string of the molecule is CCC1CCN(C(=O)c2ccc(Br)cc2N)CC1. The summed E-state index contributed by atoms with van der Waals surface area (Å²) in [6.45, 7) is 3.93. The fourth-order valence-corrected chi connectivity index (χ4v) is 2.82. The summed E-state index contributed by atoms with van der Waals surface area (Å²) in [7, 11) is 0. The molecule has 98 valence electrons. The zero-order chi connectivity index (χ0) is 13.1. The van der Waals surface area contributed by atoms with Crippen molar-refractivity contribution >= 4 is 27.5 Å². The summed E-state index contributed by atoms with van der Waals surface area (Å²) in [4.78, 5) is 14.3. The molecule has 1 amide bonds. The van der Waals surface area contributed by atoms with Gasteiger partial charge in [0.2, 0.25) is 0 Å². The Hall–Kier alpha value is -1.03. The van der Waals surface area contributed by atoms with E-state index >= 15 is 0 Å². The maximum absolute atomic E-state index is 12.4. The minimum atomic E-state index is 0.0644. The summed E-state index contributed by atoms with van der Waals surface area (Å²) >= 11 is 3.35. The number of rotatable bonds is 2. The van der Waals surface area contributed by atoms with Gasteiger partial charge >= 0.3 is 0 Å². The first kappa shape index (κ1) is 13.4. The first-order chi connectivity index (χ1) is 8.61. The number of hydrogen-bond acceptors (Lipinski definition) is 2. The van der Waals surface area contributed by atoms with Crippen molar-refractivity contribution in [2.24, 2.45) is 5.92 Å². The number of anilines is 1. The van der Waals surface area contributed by atoms with Crippen molar-refractivity contribution in [3.05, 3.63) is 28.2 Å². The lowest BCUT2D eigenvalue weighted by atomic mass is 9.94. The number of carbonyl (C=O) groups excluding carboxylic acids is 1. The summed E-state index contributed by atoms with van der Waals surface area (Å²) in [5, 5.41) is 0. The molecule has 0 atom stereocenters. The molecule has 1 aliphatic rings. The van der Waals surface area contributed by atoms with E-state index in [1.165, 1.54) is 6.42 Å². The van der Waals surface area contributed by atoms with E-state index in [1.807, 2.05) is 11.0 Å². The van der Waals surface area contributed by atoms with Crippen LogP contribution in [0.25, 0.3) is 0 Å². The molecule has 2 rings (SSSR count). The number of halogens is 1. The van der Waals surface area contributed by atoms with E-state index in [0.29, 0.717) is 11.3 Å². The maximum Gasteiger partial charge on any atom is 0.255 e. The van der Waals surface area contributed by atoms with E-state index in [-0.39, 0.29) is 5.91 Å². The predicted octanol–water partition coefficient (Wildman–Crippen LogP) is 3.29. The van der Waals surface area contributed by atoms with Crippen LogP contribution in [0.2, 0.25) is 0 Å². The van der Waals surface area contributed by atoms with Gasteiger partial charge in [-0.05, 0) is 37.0 Å². The van der Waals surface area contributed by atoms with E-state index < -0.39 is 0 Å².